The van der Waals surface area contributed by atoms with Gasteiger partial charge in [-0.05, 0) is 24.3 Å². The van der Waals surface area contributed by atoms with Crippen LogP contribution in [-0.4, -0.2) is 172 Å². The first-order chi connectivity index (χ1) is 26.7. The largest absolute Gasteiger partial charge is 0.463 e. The van der Waals surface area contributed by atoms with Gasteiger partial charge in [0.15, 0.2) is 24.8 Å². The second kappa shape index (κ2) is 18.9. The smallest absolute Gasteiger partial charge is 0.338 e. The molecule has 3 heterocycles. The minimum atomic E-state index is -2.59. The number of esters is 4. The van der Waals surface area contributed by atoms with Gasteiger partial charge in [-0.25, -0.2) is 9.59 Å². The molecule has 0 spiro atoms. The molecular weight excluding hydrogens is 752 g/mol. The molecule has 0 saturated carbocycles. The third-order valence-corrected chi connectivity index (χ3v) is 9.15. The second-order valence-corrected chi connectivity index (χ2v) is 13.1. The van der Waals surface area contributed by atoms with Gasteiger partial charge in [-0.15, -0.1) is 0 Å². The SMILES string of the molecule is CC(=O)OCC1OC(OC2(COC(C)=O)OC(CO)C(O)C2OC(=O)c2ccccc2)C(OC2OC(CO)C(O)C(O)C2O)C(O)C1OC(=O)c1ccccc1. The van der Waals surface area contributed by atoms with Crippen LogP contribution in [0.3, 0.4) is 0 Å². The zero-order valence-electron chi connectivity index (χ0n) is 30.0. The molecule has 0 aromatic heterocycles. The van der Waals surface area contributed by atoms with Crippen molar-refractivity contribution < 1.29 is 97.6 Å². The predicted octanol–water partition coefficient (Wildman–Crippen LogP) is -2.70. The lowest BCUT2D eigenvalue weighted by Crippen LogP contribution is -2.67. The Hall–Kier alpha value is -4.16. The monoisotopic (exact) mass is 796 g/mol. The number of aliphatic hydroxyl groups excluding tert-OH is 7. The fourth-order valence-corrected chi connectivity index (χ4v) is 6.27. The fraction of sp³-hybridized carbons (Fsp3) is 0.556. The van der Waals surface area contributed by atoms with Crippen LogP contribution in [0.2, 0.25) is 0 Å². The summed E-state index contributed by atoms with van der Waals surface area (Å²) in [6, 6.07) is 15.0. The first-order valence-corrected chi connectivity index (χ1v) is 17.4. The molecule has 3 fully saturated rings. The van der Waals surface area contributed by atoms with Crippen LogP contribution in [0.25, 0.3) is 0 Å². The van der Waals surface area contributed by atoms with E-state index in [4.69, 9.17) is 42.6 Å². The van der Waals surface area contributed by atoms with Gasteiger partial charge in [0.05, 0.1) is 24.3 Å². The number of carbonyl (C=O) groups excluding carboxylic acids is 4. The molecule has 3 aliphatic rings. The van der Waals surface area contributed by atoms with Gasteiger partial charge in [0.1, 0.15) is 68.1 Å². The molecule has 0 amide bonds. The molecule has 3 aliphatic heterocycles. The number of hydrogen-bond acceptors (Lipinski definition) is 20. The molecule has 7 N–H and O–H groups in total. The molecule has 20 heteroatoms. The third kappa shape index (κ3) is 9.68. The molecule has 14 atom stereocenters. The Morgan fingerprint density at radius 2 is 1.18 bits per heavy atom. The maximum absolute atomic E-state index is 13.3. The second-order valence-electron chi connectivity index (χ2n) is 13.1. The zero-order valence-corrected chi connectivity index (χ0v) is 30.0. The Labute approximate surface area is 318 Å². The summed E-state index contributed by atoms with van der Waals surface area (Å²) in [5, 5.41) is 74.9. The van der Waals surface area contributed by atoms with Crippen molar-refractivity contribution >= 4 is 23.9 Å². The summed E-state index contributed by atoms with van der Waals surface area (Å²) in [5.41, 5.74) is 0.0359. The Bertz CT molecular complexity index is 1630. The summed E-state index contributed by atoms with van der Waals surface area (Å²) in [6.07, 6.45) is -24.3. The summed E-state index contributed by atoms with van der Waals surface area (Å²) >= 11 is 0. The zero-order chi connectivity index (χ0) is 40.7. The standard InChI is InChI=1S/C36H44O20/c1-17(39)48-15-23-29(52-32(46)19-9-5-3-6-10-19)28(45)30(53-34-27(44)26(43)24(41)21(13-37)50-34)35(51-23)56-36(16-49-18(2)40)31(25(42)22(14-38)55-36)54-33(47)20-11-7-4-8-12-20/h3-12,21-31,34-35,37-38,41-45H,13-16H2,1-2H3. The Balaban J connectivity index is 1.57. The van der Waals surface area contributed by atoms with Crippen molar-refractivity contribution in [2.24, 2.45) is 0 Å². The lowest BCUT2D eigenvalue weighted by molar-refractivity contribution is -0.407. The van der Waals surface area contributed by atoms with E-state index in [1.807, 2.05) is 0 Å². The van der Waals surface area contributed by atoms with Crippen molar-refractivity contribution in [2.75, 3.05) is 26.4 Å². The van der Waals surface area contributed by atoms with Crippen molar-refractivity contribution in [3.63, 3.8) is 0 Å². The van der Waals surface area contributed by atoms with Crippen LogP contribution < -0.4 is 0 Å². The van der Waals surface area contributed by atoms with Crippen LogP contribution in [0.4, 0.5) is 0 Å². The van der Waals surface area contributed by atoms with Crippen LogP contribution >= 0.6 is 0 Å². The van der Waals surface area contributed by atoms with Gasteiger partial charge in [-0.2, -0.15) is 0 Å². The highest BCUT2D eigenvalue weighted by Gasteiger charge is 2.63. The van der Waals surface area contributed by atoms with E-state index in [2.05, 4.69) is 0 Å². The molecule has 0 bridgehead atoms. The van der Waals surface area contributed by atoms with E-state index in [-0.39, 0.29) is 11.1 Å². The molecule has 56 heavy (non-hydrogen) atoms. The molecule has 2 aromatic rings. The van der Waals surface area contributed by atoms with Crippen molar-refractivity contribution in [1.29, 1.82) is 0 Å². The van der Waals surface area contributed by atoms with Gasteiger partial charge < -0.3 is 78.4 Å². The third-order valence-electron chi connectivity index (χ3n) is 9.15. The van der Waals surface area contributed by atoms with Gasteiger partial charge in [-0.3, -0.25) is 9.59 Å². The summed E-state index contributed by atoms with van der Waals surface area (Å²) in [7, 11) is 0. The lowest BCUT2D eigenvalue weighted by atomic mass is 9.96. The number of benzene rings is 2. The summed E-state index contributed by atoms with van der Waals surface area (Å²) in [6.45, 7) is -1.35. The number of carbonyl (C=O) groups is 4. The number of hydrogen-bond donors (Lipinski definition) is 7. The molecule has 5 rings (SSSR count). The molecule has 14 unspecified atom stereocenters. The minimum absolute atomic E-state index is 0.00576. The van der Waals surface area contributed by atoms with E-state index in [9.17, 15) is 54.9 Å². The molecule has 0 aliphatic carbocycles. The lowest BCUT2D eigenvalue weighted by Gasteiger charge is -2.48. The van der Waals surface area contributed by atoms with E-state index in [0.29, 0.717) is 0 Å². The highest BCUT2D eigenvalue weighted by atomic mass is 16.8. The Morgan fingerprint density at radius 1 is 0.625 bits per heavy atom. The van der Waals surface area contributed by atoms with Crippen molar-refractivity contribution in [3.05, 3.63) is 71.8 Å². The molecule has 308 valence electrons. The van der Waals surface area contributed by atoms with Crippen LogP contribution in [-0.2, 0) is 52.2 Å². The number of ether oxygens (including phenoxy) is 9. The quantitative estimate of drug-likeness (QED) is 0.0756. The van der Waals surface area contributed by atoms with Crippen LogP contribution in [0, 0.1) is 0 Å². The highest BCUT2D eigenvalue weighted by molar-refractivity contribution is 5.90. The normalized spacial score (nSPS) is 35.6. The molecular formula is C36H44O20. The van der Waals surface area contributed by atoms with E-state index in [0.717, 1.165) is 13.8 Å². The fourth-order valence-electron chi connectivity index (χ4n) is 6.27. The van der Waals surface area contributed by atoms with Gasteiger partial charge >= 0.3 is 23.9 Å². The average molecular weight is 797 g/mol. The van der Waals surface area contributed by atoms with Crippen LogP contribution in [0.15, 0.2) is 60.7 Å². The van der Waals surface area contributed by atoms with E-state index < -0.39 is 136 Å². The van der Waals surface area contributed by atoms with E-state index in [1.165, 1.54) is 48.5 Å². The maximum Gasteiger partial charge on any atom is 0.338 e. The minimum Gasteiger partial charge on any atom is -0.463 e. The first kappa shape index (κ1) is 43.0. The van der Waals surface area contributed by atoms with Gasteiger partial charge in [0, 0.05) is 13.8 Å². The van der Waals surface area contributed by atoms with E-state index >= 15 is 0 Å². The predicted molar refractivity (Wildman–Crippen MR) is 180 cm³/mol. The highest BCUT2D eigenvalue weighted by Crippen LogP contribution is 2.40. The summed E-state index contributed by atoms with van der Waals surface area (Å²) in [5.74, 6) is -6.33. The van der Waals surface area contributed by atoms with Crippen molar-refractivity contribution in [2.45, 2.75) is 99.4 Å². The first-order valence-electron chi connectivity index (χ1n) is 17.4. The van der Waals surface area contributed by atoms with Gasteiger partial charge in [-0.1, -0.05) is 36.4 Å². The van der Waals surface area contributed by atoms with E-state index in [1.54, 1.807) is 12.1 Å². The van der Waals surface area contributed by atoms with Gasteiger partial charge in [0.2, 0.25) is 5.79 Å². The van der Waals surface area contributed by atoms with Crippen LogP contribution in [0.5, 0.6) is 0 Å². The van der Waals surface area contributed by atoms with Gasteiger partial charge in [0.25, 0.3) is 0 Å². The Kier molecular flexibility index (Phi) is 14.5. The average Bonchev–Trinajstić information content (AvgIpc) is 3.45. The van der Waals surface area contributed by atoms with Crippen molar-refractivity contribution in [1.82, 2.24) is 0 Å². The Morgan fingerprint density at radius 3 is 1.73 bits per heavy atom. The maximum atomic E-state index is 13.3. The molecule has 20 nitrogen and oxygen atoms in total. The topological polar surface area (TPSA) is 293 Å². The number of rotatable bonds is 14. The molecule has 2 aromatic carbocycles. The number of aliphatic hydroxyl groups is 7. The van der Waals surface area contributed by atoms with Crippen LogP contribution in [0.1, 0.15) is 34.6 Å². The molecule has 0 radical (unpaired) electrons. The summed E-state index contributed by atoms with van der Waals surface area (Å²) in [4.78, 5) is 50.7. The summed E-state index contributed by atoms with van der Waals surface area (Å²) < 4.78 is 51.3. The van der Waals surface area contributed by atoms with Crippen molar-refractivity contribution in [3.8, 4) is 0 Å². The molecule has 3 saturated heterocycles.